The van der Waals surface area contributed by atoms with Crippen LogP contribution in [-0.2, 0) is 6.42 Å². The summed E-state index contributed by atoms with van der Waals surface area (Å²) in [7, 11) is 0. The quantitative estimate of drug-likeness (QED) is 0.835. The van der Waals surface area contributed by atoms with Gasteiger partial charge in [-0.05, 0) is 56.5 Å². The third-order valence-corrected chi connectivity index (χ3v) is 3.37. The molecule has 2 rings (SSSR count). The van der Waals surface area contributed by atoms with Gasteiger partial charge in [-0.15, -0.1) is 0 Å². The van der Waals surface area contributed by atoms with Crippen molar-refractivity contribution in [3.63, 3.8) is 0 Å². The van der Waals surface area contributed by atoms with Crippen LogP contribution in [0.1, 0.15) is 24.0 Å². The minimum absolute atomic E-state index is 0.113. The molecule has 1 aromatic rings. The molecule has 0 aliphatic carbocycles. The molecular weight excluding hydrogens is 215 g/mol. The van der Waals surface area contributed by atoms with Gasteiger partial charge in [0, 0.05) is 12.6 Å². The monoisotopic (exact) mass is 236 g/mol. The van der Waals surface area contributed by atoms with Crippen LogP contribution in [-0.4, -0.2) is 25.7 Å². The molecule has 0 amide bonds. The molecule has 3 heteroatoms. The van der Waals surface area contributed by atoms with E-state index in [0.29, 0.717) is 6.04 Å². The first-order chi connectivity index (χ1) is 8.25. The van der Waals surface area contributed by atoms with Gasteiger partial charge < -0.3 is 10.6 Å². The first-order valence-electron chi connectivity index (χ1n) is 6.45. The zero-order valence-corrected chi connectivity index (χ0v) is 10.4. The molecule has 0 spiro atoms. The predicted molar refractivity (Wildman–Crippen MR) is 68.7 cm³/mol. The van der Waals surface area contributed by atoms with Gasteiger partial charge in [0.15, 0.2) is 0 Å². The molecule has 1 aliphatic heterocycles. The van der Waals surface area contributed by atoms with E-state index in [1.54, 1.807) is 6.07 Å². The summed E-state index contributed by atoms with van der Waals surface area (Å²) in [6, 6.07) is 5.98. The minimum Gasteiger partial charge on any atom is -0.315 e. The van der Waals surface area contributed by atoms with Crippen LogP contribution < -0.4 is 10.6 Å². The van der Waals surface area contributed by atoms with E-state index in [1.165, 1.54) is 18.4 Å². The van der Waals surface area contributed by atoms with Crippen LogP contribution in [0.3, 0.4) is 0 Å². The summed E-state index contributed by atoms with van der Waals surface area (Å²) in [4.78, 5) is 0. The van der Waals surface area contributed by atoms with Gasteiger partial charge in [0.25, 0.3) is 0 Å². The smallest absolute Gasteiger partial charge is 0.126 e. The number of hydrogen-bond acceptors (Lipinski definition) is 2. The number of benzene rings is 1. The van der Waals surface area contributed by atoms with Crippen molar-refractivity contribution >= 4 is 0 Å². The lowest BCUT2D eigenvalue weighted by atomic mass is 10.1. The molecule has 0 radical (unpaired) electrons. The highest BCUT2D eigenvalue weighted by Crippen LogP contribution is 2.09. The number of nitrogens with one attached hydrogen (secondary N) is 2. The van der Waals surface area contributed by atoms with Gasteiger partial charge in [-0.2, -0.15) is 0 Å². The number of rotatable bonds is 4. The number of piperidine rings is 1. The van der Waals surface area contributed by atoms with Gasteiger partial charge in [0.05, 0.1) is 0 Å². The second kappa shape index (κ2) is 6.12. The number of aryl methyl sites for hydroxylation is 1. The lowest BCUT2D eigenvalue weighted by Crippen LogP contribution is -2.43. The van der Waals surface area contributed by atoms with Crippen molar-refractivity contribution < 1.29 is 4.39 Å². The summed E-state index contributed by atoms with van der Waals surface area (Å²) >= 11 is 0. The summed E-state index contributed by atoms with van der Waals surface area (Å²) in [5.41, 5.74) is 1.95. The van der Waals surface area contributed by atoms with E-state index >= 15 is 0 Å². The van der Waals surface area contributed by atoms with E-state index in [1.807, 2.05) is 19.1 Å². The average Bonchev–Trinajstić information content (AvgIpc) is 2.35. The third-order valence-electron chi connectivity index (χ3n) is 3.37. The molecule has 1 atom stereocenters. The molecule has 0 saturated carbocycles. The maximum atomic E-state index is 13.1. The molecule has 1 heterocycles. The lowest BCUT2D eigenvalue weighted by molar-refractivity contribution is 0.392. The Labute approximate surface area is 103 Å². The van der Waals surface area contributed by atoms with E-state index in [0.717, 1.165) is 31.6 Å². The van der Waals surface area contributed by atoms with Gasteiger partial charge in [0.1, 0.15) is 5.82 Å². The van der Waals surface area contributed by atoms with E-state index in [4.69, 9.17) is 0 Å². The van der Waals surface area contributed by atoms with Crippen molar-refractivity contribution in [1.82, 2.24) is 10.6 Å². The summed E-state index contributed by atoms with van der Waals surface area (Å²) in [5.74, 6) is -0.113. The van der Waals surface area contributed by atoms with Crippen LogP contribution in [0.15, 0.2) is 18.2 Å². The highest BCUT2D eigenvalue weighted by Gasteiger charge is 2.11. The first-order valence-corrected chi connectivity index (χ1v) is 6.45. The van der Waals surface area contributed by atoms with Gasteiger partial charge >= 0.3 is 0 Å². The van der Waals surface area contributed by atoms with E-state index in [2.05, 4.69) is 10.6 Å². The summed E-state index contributed by atoms with van der Waals surface area (Å²) in [5, 5.41) is 6.94. The molecule has 94 valence electrons. The largest absolute Gasteiger partial charge is 0.315 e. The topological polar surface area (TPSA) is 24.1 Å². The van der Waals surface area contributed by atoms with Crippen molar-refractivity contribution in [2.45, 2.75) is 32.2 Å². The van der Waals surface area contributed by atoms with E-state index in [-0.39, 0.29) is 5.82 Å². The van der Waals surface area contributed by atoms with Crippen LogP contribution in [0.4, 0.5) is 4.39 Å². The molecule has 2 nitrogen and oxygen atoms in total. The van der Waals surface area contributed by atoms with Crippen molar-refractivity contribution in [2.75, 3.05) is 19.6 Å². The fraction of sp³-hybridized carbons (Fsp3) is 0.571. The average molecular weight is 236 g/mol. The summed E-state index contributed by atoms with van der Waals surface area (Å²) in [6.07, 6.45) is 3.49. The molecular formula is C14H21FN2. The van der Waals surface area contributed by atoms with Gasteiger partial charge in [-0.3, -0.25) is 0 Å². The Bertz CT molecular complexity index is 359. The Balaban J connectivity index is 1.75. The highest BCUT2D eigenvalue weighted by molar-refractivity contribution is 5.24. The zero-order chi connectivity index (χ0) is 12.1. The molecule has 1 fully saturated rings. The molecule has 2 N–H and O–H groups in total. The maximum absolute atomic E-state index is 13.1. The molecule has 1 aromatic carbocycles. The summed E-state index contributed by atoms with van der Waals surface area (Å²) in [6.45, 7) is 5.01. The third kappa shape index (κ3) is 3.79. The standard InChI is InChI=1S/C14H21FN2/c1-11-9-12(4-5-14(11)15)6-8-17-13-3-2-7-16-10-13/h4-5,9,13,16-17H,2-3,6-8,10H2,1H3. The van der Waals surface area contributed by atoms with Crippen molar-refractivity contribution in [3.05, 3.63) is 35.1 Å². The normalized spacial score (nSPS) is 20.5. The molecule has 1 unspecified atom stereocenters. The van der Waals surface area contributed by atoms with Crippen LogP contribution in [0, 0.1) is 12.7 Å². The Morgan fingerprint density at radius 3 is 3.06 bits per heavy atom. The number of halogens is 1. The Morgan fingerprint density at radius 2 is 2.35 bits per heavy atom. The fourth-order valence-electron chi connectivity index (χ4n) is 2.31. The van der Waals surface area contributed by atoms with Gasteiger partial charge in [-0.1, -0.05) is 12.1 Å². The predicted octanol–water partition coefficient (Wildman–Crippen LogP) is 2.02. The first kappa shape index (κ1) is 12.5. The fourth-order valence-corrected chi connectivity index (χ4v) is 2.31. The molecule has 17 heavy (non-hydrogen) atoms. The Hall–Kier alpha value is -0.930. The van der Waals surface area contributed by atoms with Gasteiger partial charge in [0.2, 0.25) is 0 Å². The zero-order valence-electron chi connectivity index (χ0n) is 10.4. The van der Waals surface area contributed by atoms with Crippen LogP contribution >= 0.6 is 0 Å². The number of hydrogen-bond donors (Lipinski definition) is 2. The maximum Gasteiger partial charge on any atom is 0.126 e. The SMILES string of the molecule is Cc1cc(CCNC2CCCNC2)ccc1F. The molecule has 1 aliphatic rings. The summed E-state index contributed by atoms with van der Waals surface area (Å²) < 4.78 is 13.1. The minimum atomic E-state index is -0.113. The Kier molecular flexibility index (Phi) is 4.51. The van der Waals surface area contributed by atoms with Crippen LogP contribution in [0.2, 0.25) is 0 Å². The van der Waals surface area contributed by atoms with Crippen molar-refractivity contribution in [2.24, 2.45) is 0 Å². The second-order valence-electron chi connectivity index (χ2n) is 4.83. The van der Waals surface area contributed by atoms with E-state index < -0.39 is 0 Å². The van der Waals surface area contributed by atoms with Crippen molar-refractivity contribution in [3.8, 4) is 0 Å². The van der Waals surface area contributed by atoms with Crippen LogP contribution in [0.5, 0.6) is 0 Å². The molecule has 0 bridgehead atoms. The molecule has 0 aromatic heterocycles. The Morgan fingerprint density at radius 1 is 1.47 bits per heavy atom. The molecule has 1 saturated heterocycles. The van der Waals surface area contributed by atoms with Crippen LogP contribution in [0.25, 0.3) is 0 Å². The second-order valence-corrected chi connectivity index (χ2v) is 4.83. The van der Waals surface area contributed by atoms with Crippen molar-refractivity contribution in [1.29, 1.82) is 0 Å². The highest BCUT2D eigenvalue weighted by atomic mass is 19.1. The lowest BCUT2D eigenvalue weighted by Gasteiger charge is -2.23. The van der Waals surface area contributed by atoms with E-state index in [9.17, 15) is 4.39 Å². The van der Waals surface area contributed by atoms with Gasteiger partial charge in [-0.25, -0.2) is 4.39 Å².